The van der Waals surface area contributed by atoms with Crippen molar-refractivity contribution in [2.24, 2.45) is 0 Å². The second-order valence-electron chi connectivity index (χ2n) is 2.01. The molecule has 0 aliphatic carbocycles. The predicted molar refractivity (Wildman–Crippen MR) is 41.9 cm³/mol. The van der Waals surface area contributed by atoms with E-state index in [1.54, 1.807) is 0 Å². The minimum Gasteiger partial charge on any atom is -0.479 e. The van der Waals surface area contributed by atoms with Crippen LogP contribution < -0.4 is 10.5 Å². The molecule has 12 heavy (non-hydrogen) atoms. The van der Waals surface area contributed by atoms with E-state index in [0.29, 0.717) is 0 Å². The van der Waals surface area contributed by atoms with Crippen LogP contribution in [0.5, 0.6) is 5.88 Å². The van der Waals surface area contributed by atoms with Gasteiger partial charge in [0.05, 0.1) is 12.0 Å². The number of rotatable bonds is 2. The zero-order valence-electron chi connectivity index (χ0n) is 6.35. The minimum atomic E-state index is -0.584. The van der Waals surface area contributed by atoms with Gasteiger partial charge in [0.2, 0.25) is 5.88 Å². The maximum absolute atomic E-state index is 10.3. The Kier molecular flexibility index (Phi) is 2.09. The molecule has 0 saturated heterocycles. The quantitative estimate of drug-likeness (QED) is 0.516. The number of nitrogens with two attached hydrogens (primary N) is 1. The molecule has 0 unspecified atom stereocenters. The van der Waals surface area contributed by atoms with Gasteiger partial charge in [0.15, 0.2) is 5.69 Å². The standard InChI is InChI=1S/C6H7N3O3/c1-12-6-5(7)4(9(10)11)2-3-8-6/h2-3H,7H2,1H3. The molecule has 64 valence electrons. The van der Waals surface area contributed by atoms with Crippen molar-refractivity contribution >= 4 is 11.4 Å². The molecule has 1 heterocycles. The van der Waals surface area contributed by atoms with Crippen LogP contribution in [0.15, 0.2) is 12.3 Å². The lowest BCUT2D eigenvalue weighted by atomic mass is 10.3. The summed E-state index contributed by atoms with van der Waals surface area (Å²) >= 11 is 0. The van der Waals surface area contributed by atoms with Crippen molar-refractivity contribution < 1.29 is 9.66 Å². The van der Waals surface area contributed by atoms with E-state index in [4.69, 9.17) is 10.5 Å². The van der Waals surface area contributed by atoms with Crippen molar-refractivity contribution in [1.29, 1.82) is 0 Å². The Morgan fingerprint density at radius 2 is 2.42 bits per heavy atom. The zero-order valence-corrected chi connectivity index (χ0v) is 6.35. The normalized spacial score (nSPS) is 9.42. The third kappa shape index (κ3) is 1.26. The minimum absolute atomic E-state index is 0.0509. The van der Waals surface area contributed by atoms with Crippen molar-refractivity contribution in [1.82, 2.24) is 4.98 Å². The summed E-state index contributed by atoms with van der Waals surface area (Å²) in [5, 5.41) is 10.3. The van der Waals surface area contributed by atoms with Gasteiger partial charge in [0.1, 0.15) is 0 Å². The summed E-state index contributed by atoms with van der Waals surface area (Å²) in [6, 6.07) is 1.22. The Balaban J connectivity index is 3.23. The van der Waals surface area contributed by atoms with Gasteiger partial charge in [-0.3, -0.25) is 10.1 Å². The lowest BCUT2D eigenvalue weighted by Crippen LogP contribution is -1.99. The number of nitrogen functional groups attached to an aromatic ring is 1. The summed E-state index contributed by atoms with van der Waals surface area (Å²) in [6.45, 7) is 0. The average Bonchev–Trinajstić information content (AvgIpc) is 2.04. The summed E-state index contributed by atoms with van der Waals surface area (Å²) in [5.74, 6) is 0.0733. The molecule has 0 bridgehead atoms. The van der Waals surface area contributed by atoms with E-state index in [1.807, 2.05) is 0 Å². The van der Waals surface area contributed by atoms with Gasteiger partial charge in [0.25, 0.3) is 5.69 Å². The molecule has 1 aromatic rings. The fourth-order valence-electron chi connectivity index (χ4n) is 0.766. The van der Waals surface area contributed by atoms with Crippen LogP contribution in [-0.4, -0.2) is 17.0 Å². The van der Waals surface area contributed by atoms with Crippen LogP contribution >= 0.6 is 0 Å². The molecule has 2 N–H and O–H groups in total. The number of ether oxygens (including phenoxy) is 1. The van der Waals surface area contributed by atoms with Crippen molar-refractivity contribution in [2.45, 2.75) is 0 Å². The average molecular weight is 169 g/mol. The number of pyridine rings is 1. The van der Waals surface area contributed by atoms with Gasteiger partial charge in [-0.25, -0.2) is 4.98 Å². The number of anilines is 1. The van der Waals surface area contributed by atoms with Gasteiger partial charge in [0, 0.05) is 12.3 Å². The number of methoxy groups -OCH3 is 1. The summed E-state index contributed by atoms with van der Waals surface area (Å²) in [6.07, 6.45) is 1.27. The highest BCUT2D eigenvalue weighted by molar-refractivity contribution is 5.63. The van der Waals surface area contributed by atoms with E-state index in [0.717, 1.165) is 0 Å². The fourth-order valence-corrected chi connectivity index (χ4v) is 0.766. The molecule has 0 amide bonds. The lowest BCUT2D eigenvalue weighted by Gasteiger charge is -2.01. The first-order valence-electron chi connectivity index (χ1n) is 3.09. The Hall–Kier alpha value is -1.85. The molecule has 6 heteroatoms. The second kappa shape index (κ2) is 3.04. The van der Waals surface area contributed by atoms with E-state index < -0.39 is 4.92 Å². The maximum Gasteiger partial charge on any atom is 0.299 e. The summed E-state index contributed by atoms with van der Waals surface area (Å²) in [5.41, 5.74) is 5.12. The monoisotopic (exact) mass is 169 g/mol. The van der Waals surface area contributed by atoms with Gasteiger partial charge in [-0.1, -0.05) is 0 Å². The van der Waals surface area contributed by atoms with Crippen LogP contribution in [0.1, 0.15) is 0 Å². The molecule has 0 spiro atoms. The molecular weight excluding hydrogens is 162 g/mol. The molecule has 1 aromatic heterocycles. The van der Waals surface area contributed by atoms with Crippen LogP contribution in [0.4, 0.5) is 11.4 Å². The van der Waals surface area contributed by atoms with E-state index in [2.05, 4.69) is 4.98 Å². The van der Waals surface area contributed by atoms with Crippen LogP contribution in [0.2, 0.25) is 0 Å². The topological polar surface area (TPSA) is 91.3 Å². The molecule has 0 aliphatic heterocycles. The van der Waals surface area contributed by atoms with Crippen LogP contribution in [0.3, 0.4) is 0 Å². The highest BCUT2D eigenvalue weighted by Crippen LogP contribution is 2.27. The summed E-state index contributed by atoms with van der Waals surface area (Å²) in [7, 11) is 1.35. The smallest absolute Gasteiger partial charge is 0.299 e. The first-order valence-corrected chi connectivity index (χ1v) is 3.09. The Bertz CT molecular complexity index is 313. The maximum atomic E-state index is 10.3. The fraction of sp³-hybridized carbons (Fsp3) is 0.167. The first-order chi connectivity index (χ1) is 5.66. The molecule has 0 aliphatic rings. The predicted octanol–water partition coefficient (Wildman–Crippen LogP) is 0.581. The molecule has 0 saturated carbocycles. The van der Waals surface area contributed by atoms with Crippen molar-refractivity contribution in [3.63, 3.8) is 0 Å². The number of aromatic nitrogens is 1. The third-order valence-electron chi connectivity index (χ3n) is 1.32. The van der Waals surface area contributed by atoms with Gasteiger partial charge in [-0.15, -0.1) is 0 Å². The second-order valence-corrected chi connectivity index (χ2v) is 2.01. The molecule has 0 radical (unpaired) electrons. The molecular formula is C6H7N3O3. The number of nitro groups is 1. The SMILES string of the molecule is COc1nccc([N+](=O)[O-])c1N. The number of hydrogen-bond donors (Lipinski definition) is 1. The van der Waals surface area contributed by atoms with Gasteiger partial charge in [-0.05, 0) is 0 Å². The van der Waals surface area contributed by atoms with Crippen molar-refractivity contribution in [3.05, 3.63) is 22.4 Å². The largest absolute Gasteiger partial charge is 0.479 e. The zero-order chi connectivity index (χ0) is 9.14. The molecule has 1 rings (SSSR count). The lowest BCUT2D eigenvalue weighted by molar-refractivity contribution is -0.384. The van der Waals surface area contributed by atoms with Crippen LogP contribution in [-0.2, 0) is 0 Å². The van der Waals surface area contributed by atoms with Gasteiger partial charge < -0.3 is 10.5 Å². The Labute approximate surface area is 68.1 Å². The summed E-state index contributed by atoms with van der Waals surface area (Å²) < 4.78 is 4.70. The molecule has 6 nitrogen and oxygen atoms in total. The van der Waals surface area contributed by atoms with Crippen LogP contribution in [0, 0.1) is 10.1 Å². The van der Waals surface area contributed by atoms with Crippen molar-refractivity contribution in [2.75, 3.05) is 12.8 Å². The highest BCUT2D eigenvalue weighted by Gasteiger charge is 2.15. The molecule has 0 atom stereocenters. The van der Waals surface area contributed by atoms with Gasteiger partial charge >= 0.3 is 0 Å². The third-order valence-corrected chi connectivity index (χ3v) is 1.32. The van der Waals surface area contributed by atoms with E-state index in [-0.39, 0.29) is 17.3 Å². The number of hydrogen-bond acceptors (Lipinski definition) is 5. The van der Waals surface area contributed by atoms with E-state index in [9.17, 15) is 10.1 Å². The van der Waals surface area contributed by atoms with Crippen LogP contribution in [0.25, 0.3) is 0 Å². The molecule has 0 aromatic carbocycles. The van der Waals surface area contributed by atoms with E-state index >= 15 is 0 Å². The van der Waals surface area contributed by atoms with E-state index in [1.165, 1.54) is 19.4 Å². The highest BCUT2D eigenvalue weighted by atomic mass is 16.6. The first kappa shape index (κ1) is 8.25. The van der Waals surface area contributed by atoms with Gasteiger partial charge in [-0.2, -0.15) is 0 Å². The van der Waals surface area contributed by atoms with Crippen molar-refractivity contribution in [3.8, 4) is 5.88 Å². The summed E-state index contributed by atoms with van der Waals surface area (Å²) in [4.78, 5) is 13.4. The molecule has 0 fully saturated rings. The number of nitrogens with zero attached hydrogens (tertiary/aromatic N) is 2. The Morgan fingerprint density at radius 1 is 1.75 bits per heavy atom. The Morgan fingerprint density at radius 3 is 2.92 bits per heavy atom.